The van der Waals surface area contributed by atoms with Crippen LogP contribution in [0.4, 0.5) is 4.39 Å². The van der Waals surface area contributed by atoms with E-state index in [-0.39, 0.29) is 11.9 Å². The summed E-state index contributed by atoms with van der Waals surface area (Å²) >= 11 is 6.14. The number of ether oxygens (including phenoxy) is 1. The first-order chi connectivity index (χ1) is 9.15. The number of hydrogen-bond acceptors (Lipinski definition) is 2. The predicted molar refractivity (Wildman–Crippen MR) is 70.8 cm³/mol. The molecule has 1 heterocycles. The highest BCUT2D eigenvalue weighted by molar-refractivity contribution is 6.31. The number of hydrogen-bond donors (Lipinski definition) is 1. The first-order valence-corrected chi connectivity index (χ1v) is 6.41. The van der Waals surface area contributed by atoms with Gasteiger partial charge in [0.2, 0.25) is 0 Å². The van der Waals surface area contributed by atoms with Crippen LogP contribution in [0.3, 0.4) is 0 Å². The maximum atomic E-state index is 13.2. The van der Waals surface area contributed by atoms with Gasteiger partial charge in [0, 0.05) is 22.6 Å². The van der Waals surface area contributed by atoms with Crippen molar-refractivity contribution in [2.75, 3.05) is 0 Å². The van der Waals surface area contributed by atoms with Crippen molar-refractivity contribution in [3.63, 3.8) is 0 Å². The Balaban J connectivity index is 1.97. The Bertz CT molecular complexity index is 615. The lowest BCUT2D eigenvalue weighted by Crippen LogP contribution is -2.19. The topological polar surface area (TPSA) is 29.5 Å². The fraction of sp³-hybridized carbons (Fsp3) is 0.200. The predicted octanol–water partition coefficient (Wildman–Crippen LogP) is 4.04. The summed E-state index contributed by atoms with van der Waals surface area (Å²) in [4.78, 5) is 0. The highest BCUT2D eigenvalue weighted by atomic mass is 35.5. The van der Waals surface area contributed by atoms with Crippen LogP contribution in [0, 0.1) is 5.82 Å². The number of fused-ring (bicyclic) bond motifs is 1. The van der Waals surface area contributed by atoms with E-state index in [2.05, 4.69) is 0 Å². The van der Waals surface area contributed by atoms with Crippen LogP contribution in [0.15, 0.2) is 42.5 Å². The van der Waals surface area contributed by atoms with Gasteiger partial charge >= 0.3 is 0 Å². The minimum absolute atomic E-state index is 0.318. The number of halogens is 2. The maximum Gasteiger partial charge on any atom is 0.128 e. The molecule has 1 aliphatic rings. The summed E-state index contributed by atoms with van der Waals surface area (Å²) in [6.07, 6.45) is -0.706. The van der Waals surface area contributed by atoms with E-state index in [1.165, 1.54) is 18.2 Å². The molecule has 1 N–H and O–H groups in total. The second-order valence-corrected chi connectivity index (χ2v) is 4.97. The van der Waals surface area contributed by atoms with Crippen LogP contribution in [0.25, 0.3) is 0 Å². The van der Waals surface area contributed by atoms with E-state index < -0.39 is 6.10 Å². The van der Waals surface area contributed by atoms with Gasteiger partial charge in [-0.05, 0) is 24.3 Å². The minimum Gasteiger partial charge on any atom is -0.485 e. The van der Waals surface area contributed by atoms with Crippen molar-refractivity contribution in [3.8, 4) is 5.75 Å². The fourth-order valence-electron chi connectivity index (χ4n) is 2.34. The molecular weight excluding hydrogens is 267 g/mol. The average Bonchev–Trinajstić information content (AvgIpc) is 2.40. The van der Waals surface area contributed by atoms with E-state index in [4.69, 9.17) is 16.3 Å². The zero-order valence-corrected chi connectivity index (χ0v) is 10.8. The molecule has 0 radical (unpaired) electrons. The van der Waals surface area contributed by atoms with Crippen LogP contribution in [-0.4, -0.2) is 5.11 Å². The number of aliphatic hydroxyl groups is 1. The minimum atomic E-state index is -0.749. The third kappa shape index (κ3) is 2.31. The molecule has 2 aromatic rings. The first kappa shape index (κ1) is 12.5. The summed E-state index contributed by atoms with van der Waals surface area (Å²) in [6, 6.07) is 11.5. The molecule has 0 aromatic heterocycles. The van der Waals surface area contributed by atoms with Gasteiger partial charge in [-0.3, -0.25) is 0 Å². The first-order valence-electron chi connectivity index (χ1n) is 6.04. The van der Waals surface area contributed by atoms with Crippen molar-refractivity contribution < 1.29 is 14.2 Å². The van der Waals surface area contributed by atoms with Crippen LogP contribution in [-0.2, 0) is 0 Å². The largest absolute Gasteiger partial charge is 0.485 e. The molecule has 0 aliphatic carbocycles. The van der Waals surface area contributed by atoms with Gasteiger partial charge in [0.1, 0.15) is 17.7 Å². The third-order valence-corrected chi connectivity index (χ3v) is 3.63. The van der Waals surface area contributed by atoms with Crippen LogP contribution in [0.5, 0.6) is 5.75 Å². The summed E-state index contributed by atoms with van der Waals surface area (Å²) in [5.41, 5.74) is 1.32. The highest BCUT2D eigenvalue weighted by Crippen LogP contribution is 2.42. The van der Waals surface area contributed by atoms with Crippen molar-refractivity contribution in [2.45, 2.75) is 18.6 Å². The molecule has 0 amide bonds. The molecule has 2 atom stereocenters. The van der Waals surface area contributed by atoms with Gasteiger partial charge in [-0.15, -0.1) is 0 Å². The quantitative estimate of drug-likeness (QED) is 0.853. The average molecular weight is 279 g/mol. The summed E-state index contributed by atoms with van der Waals surface area (Å²) in [6.45, 7) is 0. The van der Waals surface area contributed by atoms with Gasteiger partial charge in [0.25, 0.3) is 0 Å². The normalized spacial score (nSPS) is 21.6. The molecule has 0 saturated heterocycles. The molecule has 0 fully saturated rings. The van der Waals surface area contributed by atoms with Gasteiger partial charge in [-0.2, -0.15) is 0 Å². The van der Waals surface area contributed by atoms with Crippen molar-refractivity contribution in [2.24, 2.45) is 0 Å². The summed E-state index contributed by atoms with van der Waals surface area (Å²) in [5.74, 6) is 0.127. The Hall–Kier alpha value is -1.58. The molecule has 3 rings (SSSR count). The maximum absolute atomic E-state index is 13.2. The molecule has 0 saturated carbocycles. The van der Waals surface area contributed by atoms with E-state index >= 15 is 0 Å². The Morgan fingerprint density at radius 2 is 1.95 bits per heavy atom. The molecule has 98 valence electrons. The zero-order valence-electron chi connectivity index (χ0n) is 10.0. The van der Waals surface area contributed by atoms with Gasteiger partial charge in [0.15, 0.2) is 0 Å². The summed E-state index contributed by atoms with van der Waals surface area (Å²) in [7, 11) is 0. The lowest BCUT2D eigenvalue weighted by atomic mass is 9.95. The molecule has 1 unspecified atom stereocenters. The fourth-order valence-corrected chi connectivity index (χ4v) is 2.60. The number of rotatable bonds is 1. The molecule has 19 heavy (non-hydrogen) atoms. The van der Waals surface area contributed by atoms with Crippen LogP contribution >= 0.6 is 11.6 Å². The molecule has 2 aromatic carbocycles. The van der Waals surface area contributed by atoms with Gasteiger partial charge < -0.3 is 9.84 Å². The second kappa shape index (κ2) is 4.83. The molecule has 0 spiro atoms. The van der Waals surface area contributed by atoms with Gasteiger partial charge in [-0.1, -0.05) is 29.8 Å². The lowest BCUT2D eigenvalue weighted by Gasteiger charge is -2.30. The van der Waals surface area contributed by atoms with Gasteiger partial charge in [0.05, 0.1) is 6.10 Å². The lowest BCUT2D eigenvalue weighted by molar-refractivity contribution is 0.0654. The van der Waals surface area contributed by atoms with Crippen LogP contribution in [0.1, 0.15) is 29.8 Å². The van der Waals surface area contributed by atoms with Gasteiger partial charge in [-0.25, -0.2) is 4.39 Å². The van der Waals surface area contributed by atoms with Crippen LogP contribution < -0.4 is 4.74 Å². The van der Waals surface area contributed by atoms with Crippen molar-refractivity contribution in [1.82, 2.24) is 0 Å². The SMILES string of the molecule is O[C@H]1CC(c2ccccc2Cl)Oc2ccc(F)cc21. The highest BCUT2D eigenvalue weighted by Gasteiger charge is 2.29. The van der Waals surface area contributed by atoms with E-state index in [0.717, 1.165) is 5.56 Å². The van der Waals surface area contributed by atoms with E-state index in [9.17, 15) is 9.50 Å². The molecule has 4 heteroatoms. The smallest absolute Gasteiger partial charge is 0.128 e. The Labute approximate surface area is 115 Å². The second-order valence-electron chi connectivity index (χ2n) is 4.56. The van der Waals surface area contributed by atoms with E-state index in [1.54, 1.807) is 6.07 Å². The van der Waals surface area contributed by atoms with Crippen molar-refractivity contribution in [1.29, 1.82) is 0 Å². The molecular formula is C15H12ClFO2. The molecule has 0 bridgehead atoms. The Morgan fingerprint density at radius 3 is 2.74 bits per heavy atom. The monoisotopic (exact) mass is 278 g/mol. The standard InChI is InChI=1S/C15H12ClFO2/c16-12-4-2-1-3-10(12)15-8-13(18)11-7-9(17)5-6-14(11)19-15/h1-7,13,15,18H,8H2/t13-,15?/m0/s1. The van der Waals surface area contributed by atoms with Crippen LogP contribution in [0.2, 0.25) is 5.02 Å². The number of benzene rings is 2. The Morgan fingerprint density at radius 1 is 1.16 bits per heavy atom. The summed E-state index contributed by atoms with van der Waals surface area (Å²) in [5, 5.41) is 10.7. The molecule has 2 nitrogen and oxygen atoms in total. The third-order valence-electron chi connectivity index (χ3n) is 3.29. The summed E-state index contributed by atoms with van der Waals surface area (Å²) < 4.78 is 19.0. The van der Waals surface area contributed by atoms with Crippen molar-refractivity contribution in [3.05, 3.63) is 64.4 Å². The Kier molecular flexibility index (Phi) is 3.17. The number of aliphatic hydroxyl groups excluding tert-OH is 1. The zero-order chi connectivity index (χ0) is 13.4. The molecule has 1 aliphatic heterocycles. The van der Waals surface area contributed by atoms with E-state index in [0.29, 0.717) is 22.8 Å². The van der Waals surface area contributed by atoms with E-state index in [1.807, 2.05) is 18.2 Å². The van der Waals surface area contributed by atoms with Crippen molar-refractivity contribution >= 4 is 11.6 Å².